The molecule has 1 unspecified atom stereocenters. The van der Waals surface area contributed by atoms with Gasteiger partial charge < -0.3 is 0 Å². The number of hydrogen-bond donors (Lipinski definition) is 0. The van der Waals surface area contributed by atoms with Gasteiger partial charge in [0.1, 0.15) is 5.82 Å². The summed E-state index contributed by atoms with van der Waals surface area (Å²) < 4.78 is 14.4. The van der Waals surface area contributed by atoms with Crippen molar-refractivity contribution in [2.75, 3.05) is 13.6 Å². The molecule has 1 aromatic carbocycles. The average Bonchev–Trinajstić information content (AvgIpc) is 2.66. The average molecular weight is 244 g/mol. The summed E-state index contributed by atoms with van der Waals surface area (Å²) in [6.07, 6.45) is 0. The fraction of sp³-hybridized carbons (Fsp3) is 0.400. The van der Waals surface area contributed by atoms with E-state index in [9.17, 15) is 4.39 Å². The molecule has 2 atom stereocenters. The van der Waals surface area contributed by atoms with Gasteiger partial charge in [0.05, 0.1) is 5.54 Å². The Balaban J connectivity index is 2.46. The molecule has 0 N–H and O–H groups in total. The smallest absolute Gasteiger partial charge is 0.128 e. The van der Waals surface area contributed by atoms with Crippen LogP contribution in [0, 0.1) is 5.82 Å². The van der Waals surface area contributed by atoms with Crippen LogP contribution in [-0.4, -0.2) is 18.5 Å². The van der Waals surface area contributed by atoms with E-state index >= 15 is 0 Å². The molecule has 1 saturated heterocycles. The van der Waals surface area contributed by atoms with Crippen molar-refractivity contribution in [3.05, 3.63) is 34.1 Å². The van der Waals surface area contributed by atoms with E-state index in [2.05, 4.69) is 27.8 Å². The Hall–Kier alpha value is -0.410. The molecule has 0 saturated carbocycles. The van der Waals surface area contributed by atoms with Crippen molar-refractivity contribution in [1.29, 1.82) is 0 Å². The molecule has 1 aromatic rings. The summed E-state index contributed by atoms with van der Waals surface area (Å²) in [5.74, 6) is -0.116. The van der Waals surface area contributed by atoms with Gasteiger partial charge in [-0.1, -0.05) is 15.9 Å². The van der Waals surface area contributed by atoms with Crippen LogP contribution < -0.4 is 0 Å². The van der Waals surface area contributed by atoms with Crippen LogP contribution in [0.4, 0.5) is 4.39 Å². The third kappa shape index (κ3) is 1.40. The van der Waals surface area contributed by atoms with Crippen LogP contribution in [0.25, 0.3) is 0 Å². The van der Waals surface area contributed by atoms with Crippen LogP contribution in [0.1, 0.15) is 12.5 Å². The van der Waals surface area contributed by atoms with Crippen molar-refractivity contribution in [1.82, 2.24) is 4.90 Å². The second-order valence-electron chi connectivity index (χ2n) is 3.75. The summed E-state index contributed by atoms with van der Waals surface area (Å²) in [4.78, 5) is 2.12. The zero-order valence-corrected chi connectivity index (χ0v) is 9.23. The Morgan fingerprint density at radius 3 is 2.69 bits per heavy atom. The Kier molecular flexibility index (Phi) is 1.96. The fourth-order valence-electron chi connectivity index (χ4n) is 1.63. The lowest BCUT2D eigenvalue weighted by Gasteiger charge is -2.11. The molecule has 1 nitrogen and oxygen atoms in total. The first-order valence-corrected chi connectivity index (χ1v) is 5.00. The third-order valence-corrected chi connectivity index (χ3v) is 3.29. The molecule has 2 rings (SSSR count). The van der Waals surface area contributed by atoms with Gasteiger partial charge in [-0.3, -0.25) is 4.90 Å². The SMILES string of the molecule is CN1C[C@@]1(C)c1cc(Br)ccc1F. The quantitative estimate of drug-likeness (QED) is 0.686. The van der Waals surface area contributed by atoms with Crippen LogP contribution in [0.3, 0.4) is 0 Å². The number of hydrogen-bond acceptors (Lipinski definition) is 1. The zero-order chi connectivity index (χ0) is 9.64. The lowest BCUT2D eigenvalue weighted by molar-refractivity contribution is 0.485. The van der Waals surface area contributed by atoms with Gasteiger partial charge in [0, 0.05) is 16.6 Å². The highest BCUT2D eigenvalue weighted by atomic mass is 79.9. The second kappa shape index (κ2) is 2.79. The predicted molar refractivity (Wildman–Crippen MR) is 54.1 cm³/mol. The lowest BCUT2D eigenvalue weighted by Crippen LogP contribution is -2.11. The van der Waals surface area contributed by atoms with Crippen molar-refractivity contribution in [2.45, 2.75) is 12.5 Å². The third-order valence-electron chi connectivity index (χ3n) is 2.79. The highest BCUT2D eigenvalue weighted by Crippen LogP contribution is 2.42. The maximum atomic E-state index is 13.4. The number of likely N-dealkylation sites (N-methyl/N-ethyl adjacent to an activating group) is 1. The van der Waals surface area contributed by atoms with Gasteiger partial charge in [-0.2, -0.15) is 0 Å². The monoisotopic (exact) mass is 243 g/mol. The van der Waals surface area contributed by atoms with E-state index in [1.807, 2.05) is 13.1 Å². The molecule has 1 fully saturated rings. The summed E-state index contributed by atoms with van der Waals surface area (Å²) in [6, 6.07) is 5.10. The largest absolute Gasteiger partial charge is 0.293 e. The van der Waals surface area contributed by atoms with Crippen molar-refractivity contribution < 1.29 is 4.39 Å². The maximum Gasteiger partial charge on any atom is 0.128 e. The molecule has 0 bridgehead atoms. The van der Waals surface area contributed by atoms with Gasteiger partial charge in [0.15, 0.2) is 0 Å². The van der Waals surface area contributed by atoms with E-state index in [1.165, 1.54) is 6.07 Å². The van der Waals surface area contributed by atoms with Crippen LogP contribution in [-0.2, 0) is 5.54 Å². The van der Waals surface area contributed by atoms with Crippen LogP contribution in [0.15, 0.2) is 22.7 Å². The summed E-state index contributed by atoms with van der Waals surface area (Å²) in [6.45, 7) is 2.98. The summed E-state index contributed by atoms with van der Waals surface area (Å²) >= 11 is 3.35. The van der Waals surface area contributed by atoms with Crippen molar-refractivity contribution in [3.63, 3.8) is 0 Å². The highest BCUT2D eigenvalue weighted by Gasteiger charge is 2.47. The molecule has 0 amide bonds. The first-order valence-electron chi connectivity index (χ1n) is 4.21. The number of benzene rings is 1. The molecule has 1 heterocycles. The lowest BCUT2D eigenvalue weighted by atomic mass is 10.0. The Bertz CT molecular complexity index is 353. The molecule has 3 heteroatoms. The van der Waals surface area contributed by atoms with Gasteiger partial charge in [0.2, 0.25) is 0 Å². The minimum Gasteiger partial charge on any atom is -0.293 e. The Morgan fingerprint density at radius 1 is 1.54 bits per heavy atom. The summed E-state index contributed by atoms with van der Waals surface area (Å²) in [7, 11) is 2.00. The Morgan fingerprint density at radius 2 is 2.15 bits per heavy atom. The highest BCUT2D eigenvalue weighted by molar-refractivity contribution is 9.10. The molecule has 0 aromatic heterocycles. The van der Waals surface area contributed by atoms with Crippen molar-refractivity contribution in [3.8, 4) is 0 Å². The summed E-state index contributed by atoms with van der Waals surface area (Å²) in [5.41, 5.74) is 0.692. The van der Waals surface area contributed by atoms with E-state index in [1.54, 1.807) is 6.07 Å². The van der Waals surface area contributed by atoms with Crippen molar-refractivity contribution >= 4 is 15.9 Å². The molecule has 1 aliphatic rings. The predicted octanol–water partition coefficient (Wildman–Crippen LogP) is 2.75. The van der Waals surface area contributed by atoms with E-state index in [4.69, 9.17) is 0 Å². The first kappa shape index (κ1) is 9.16. The molecule has 13 heavy (non-hydrogen) atoms. The molecule has 70 valence electrons. The molecule has 0 radical (unpaired) electrons. The minimum absolute atomic E-state index is 0.0894. The normalized spacial score (nSPS) is 31.8. The maximum absolute atomic E-state index is 13.4. The molecule has 0 aliphatic carbocycles. The van der Waals surface area contributed by atoms with E-state index < -0.39 is 0 Å². The molecule has 1 aliphatic heterocycles. The first-order chi connectivity index (χ1) is 6.04. The van der Waals surface area contributed by atoms with Crippen LogP contribution in [0.5, 0.6) is 0 Å². The van der Waals surface area contributed by atoms with E-state index in [0.29, 0.717) is 0 Å². The molecule has 0 spiro atoms. The van der Waals surface area contributed by atoms with E-state index in [-0.39, 0.29) is 11.4 Å². The van der Waals surface area contributed by atoms with E-state index in [0.717, 1.165) is 16.6 Å². The topological polar surface area (TPSA) is 3.01 Å². The standard InChI is InChI=1S/C10H11BrFN/c1-10(6-13(10)2)8-5-7(11)3-4-9(8)12/h3-5H,6H2,1-2H3/t10-,13?/m0/s1. The fourth-order valence-corrected chi connectivity index (χ4v) is 1.99. The van der Waals surface area contributed by atoms with Crippen LogP contribution in [0.2, 0.25) is 0 Å². The molecular weight excluding hydrogens is 233 g/mol. The number of halogens is 2. The second-order valence-corrected chi connectivity index (χ2v) is 4.67. The van der Waals surface area contributed by atoms with Gasteiger partial charge in [-0.05, 0) is 32.2 Å². The minimum atomic E-state index is -0.116. The van der Waals surface area contributed by atoms with Gasteiger partial charge >= 0.3 is 0 Å². The van der Waals surface area contributed by atoms with Gasteiger partial charge in [0.25, 0.3) is 0 Å². The van der Waals surface area contributed by atoms with Crippen molar-refractivity contribution in [2.24, 2.45) is 0 Å². The van der Waals surface area contributed by atoms with Gasteiger partial charge in [-0.15, -0.1) is 0 Å². The Labute approximate surface area is 85.7 Å². The molecular formula is C10H11BrFN. The summed E-state index contributed by atoms with van der Waals surface area (Å²) in [5, 5.41) is 0. The number of nitrogens with zero attached hydrogens (tertiary/aromatic N) is 1. The van der Waals surface area contributed by atoms with Gasteiger partial charge in [-0.25, -0.2) is 4.39 Å². The van der Waals surface area contributed by atoms with Crippen LogP contribution >= 0.6 is 15.9 Å². The number of rotatable bonds is 1. The zero-order valence-electron chi connectivity index (χ0n) is 7.64.